The second kappa shape index (κ2) is 12.0. The van der Waals surface area contributed by atoms with E-state index < -0.39 is 11.5 Å². The van der Waals surface area contributed by atoms with Crippen molar-refractivity contribution in [3.8, 4) is 22.6 Å². The number of nitrogens with zero attached hydrogens (tertiary/aromatic N) is 3. The van der Waals surface area contributed by atoms with Crippen molar-refractivity contribution in [2.24, 2.45) is 7.05 Å². The van der Waals surface area contributed by atoms with Crippen molar-refractivity contribution in [3.63, 3.8) is 0 Å². The molecule has 0 bridgehead atoms. The van der Waals surface area contributed by atoms with Gasteiger partial charge in [0.1, 0.15) is 11.1 Å². The molecule has 224 valence electrons. The van der Waals surface area contributed by atoms with Crippen molar-refractivity contribution in [1.82, 2.24) is 14.5 Å². The number of aliphatic hydroxyl groups excluding tert-OH is 1. The van der Waals surface area contributed by atoms with Crippen LogP contribution in [0.5, 0.6) is 0 Å². The quantitative estimate of drug-likeness (QED) is 0.208. The van der Waals surface area contributed by atoms with E-state index in [4.69, 9.17) is 32.6 Å². The van der Waals surface area contributed by atoms with E-state index in [1.165, 1.54) is 23.9 Å². The lowest BCUT2D eigenvalue weighted by molar-refractivity contribution is 0.102. The molecule has 44 heavy (non-hydrogen) atoms. The third-order valence-corrected chi connectivity index (χ3v) is 8.53. The number of nitrogens with one attached hydrogen (secondary N) is 1. The van der Waals surface area contributed by atoms with Crippen LogP contribution in [0.1, 0.15) is 38.3 Å². The summed E-state index contributed by atoms with van der Waals surface area (Å²) in [6.45, 7) is 4.05. The van der Waals surface area contributed by atoms with E-state index in [0.717, 1.165) is 35.2 Å². The van der Waals surface area contributed by atoms with Crippen molar-refractivity contribution in [3.05, 3.63) is 103 Å². The largest absolute Gasteiger partial charge is 0.434 e. The molecule has 3 heterocycles. The number of rotatable bonds is 7. The van der Waals surface area contributed by atoms with Gasteiger partial charge in [0, 0.05) is 49.6 Å². The highest BCUT2D eigenvalue weighted by molar-refractivity contribution is 6.37. The average molecular weight is 632 g/mol. The lowest BCUT2D eigenvalue weighted by Crippen LogP contribution is -2.28. The second-order valence-electron chi connectivity index (χ2n) is 10.9. The predicted octanol–water partition coefficient (Wildman–Crippen LogP) is 6.11. The summed E-state index contributed by atoms with van der Waals surface area (Å²) in [6.07, 6.45) is 2.39. The van der Waals surface area contributed by atoms with Crippen LogP contribution in [0, 0.1) is 6.92 Å². The summed E-state index contributed by atoms with van der Waals surface area (Å²) in [6, 6.07) is 16.0. The molecular weight excluding hydrogens is 603 g/mol. The molecule has 0 aliphatic carbocycles. The highest BCUT2D eigenvalue weighted by Crippen LogP contribution is 2.39. The molecule has 3 aromatic carbocycles. The Labute approximate surface area is 262 Å². The number of fused-ring (bicyclic) bond motifs is 1. The van der Waals surface area contributed by atoms with E-state index in [2.05, 4.69) is 10.2 Å². The Balaban J connectivity index is 1.32. The predicted molar refractivity (Wildman–Crippen MR) is 171 cm³/mol. The zero-order valence-electron chi connectivity index (χ0n) is 23.9. The standard InChI is InChI=1S/C33H28Cl2N4O5/c1-18-22(24-7-4-8-27(29(24)35)36-31(42)25-11-20(17-40)14-38(2)33(25)43)5-3-6-23(18)32-37-28-13-19(12-26(34)30(28)44-32)15-39-10-9-21(41)16-39/h3-8,11-14,17,21,41H,9-10,15-16H2,1-2H3,(H,36,42)/t21-/m1/s1. The minimum atomic E-state index is -0.678. The number of β-amino-alcohol motifs (C(OH)–C–C–N with tert-alkyl or cyclic N) is 1. The van der Waals surface area contributed by atoms with Crippen molar-refractivity contribution < 1.29 is 19.1 Å². The molecule has 1 atom stereocenters. The number of carbonyl (C=O) groups is 2. The first-order chi connectivity index (χ1) is 21.1. The van der Waals surface area contributed by atoms with Gasteiger partial charge in [-0.25, -0.2) is 4.98 Å². The highest BCUT2D eigenvalue weighted by atomic mass is 35.5. The molecule has 6 rings (SSSR count). The SMILES string of the molecule is Cc1c(-c2nc3cc(CN4CC[C@@H](O)C4)cc(Cl)c3o2)cccc1-c1cccc(NC(=O)c2cc(C=O)cn(C)c2=O)c1Cl. The van der Waals surface area contributed by atoms with E-state index >= 15 is 0 Å². The van der Waals surface area contributed by atoms with Gasteiger partial charge < -0.3 is 19.4 Å². The fourth-order valence-electron chi connectivity index (χ4n) is 5.62. The maximum absolute atomic E-state index is 13.1. The van der Waals surface area contributed by atoms with Gasteiger partial charge >= 0.3 is 0 Å². The Hall–Kier alpha value is -4.28. The summed E-state index contributed by atoms with van der Waals surface area (Å²) in [5, 5.41) is 13.3. The fraction of sp³-hybridized carbons (Fsp3) is 0.212. The Morgan fingerprint density at radius 2 is 1.89 bits per heavy atom. The zero-order chi connectivity index (χ0) is 31.1. The van der Waals surface area contributed by atoms with Crippen LogP contribution >= 0.6 is 23.2 Å². The van der Waals surface area contributed by atoms with E-state index in [0.29, 0.717) is 52.6 Å². The van der Waals surface area contributed by atoms with Gasteiger partial charge in [0.2, 0.25) is 5.89 Å². The molecule has 0 saturated carbocycles. The molecule has 1 aliphatic rings. The van der Waals surface area contributed by atoms with Crippen LogP contribution in [-0.2, 0) is 13.6 Å². The number of hydrogen-bond donors (Lipinski definition) is 2. The summed E-state index contributed by atoms with van der Waals surface area (Å²) in [5.74, 6) is -0.274. The van der Waals surface area contributed by atoms with Gasteiger partial charge in [0.25, 0.3) is 11.5 Å². The van der Waals surface area contributed by atoms with Crippen LogP contribution in [0.2, 0.25) is 10.0 Å². The summed E-state index contributed by atoms with van der Waals surface area (Å²) in [4.78, 5) is 43.9. The first-order valence-corrected chi connectivity index (χ1v) is 14.7. The number of halogens is 2. The number of likely N-dealkylation sites (tertiary alicyclic amines) is 1. The van der Waals surface area contributed by atoms with Crippen LogP contribution in [0.25, 0.3) is 33.7 Å². The molecule has 0 spiro atoms. The number of pyridine rings is 1. The Bertz CT molecular complexity index is 2000. The van der Waals surface area contributed by atoms with Gasteiger partial charge in [-0.3, -0.25) is 19.3 Å². The van der Waals surface area contributed by atoms with E-state index in [9.17, 15) is 19.5 Å². The number of hydrogen-bond acceptors (Lipinski definition) is 7. The van der Waals surface area contributed by atoms with Gasteiger partial charge in [0.15, 0.2) is 11.9 Å². The van der Waals surface area contributed by atoms with E-state index in [1.807, 2.05) is 43.3 Å². The van der Waals surface area contributed by atoms with Gasteiger partial charge in [-0.2, -0.15) is 0 Å². The summed E-state index contributed by atoms with van der Waals surface area (Å²) >= 11 is 13.4. The minimum absolute atomic E-state index is 0.174. The Kier molecular flexibility index (Phi) is 8.13. The molecule has 1 saturated heterocycles. The van der Waals surface area contributed by atoms with Crippen LogP contribution < -0.4 is 10.9 Å². The monoisotopic (exact) mass is 630 g/mol. The summed E-state index contributed by atoms with van der Waals surface area (Å²) in [7, 11) is 1.47. The molecule has 1 amide bonds. The van der Waals surface area contributed by atoms with Crippen molar-refractivity contribution in [1.29, 1.82) is 0 Å². The van der Waals surface area contributed by atoms with Crippen molar-refractivity contribution >= 4 is 52.2 Å². The molecule has 11 heteroatoms. The van der Waals surface area contributed by atoms with E-state index in [1.54, 1.807) is 12.1 Å². The van der Waals surface area contributed by atoms with Crippen LogP contribution in [0.15, 0.2) is 70.0 Å². The number of aliphatic hydroxyl groups is 1. The number of benzene rings is 3. The molecule has 0 radical (unpaired) electrons. The zero-order valence-corrected chi connectivity index (χ0v) is 25.4. The lowest BCUT2D eigenvalue weighted by Gasteiger charge is -2.14. The fourth-order valence-corrected chi connectivity index (χ4v) is 6.17. The van der Waals surface area contributed by atoms with Gasteiger partial charge in [-0.1, -0.05) is 47.5 Å². The topological polar surface area (TPSA) is 118 Å². The van der Waals surface area contributed by atoms with Crippen LogP contribution in [0.4, 0.5) is 5.69 Å². The first-order valence-electron chi connectivity index (χ1n) is 14.0. The molecular formula is C33H28Cl2N4O5. The molecule has 2 aromatic heterocycles. The third-order valence-electron chi connectivity index (χ3n) is 7.84. The first kappa shape index (κ1) is 29.8. The smallest absolute Gasteiger partial charge is 0.263 e. The molecule has 9 nitrogen and oxygen atoms in total. The molecule has 5 aromatic rings. The van der Waals surface area contributed by atoms with Gasteiger partial charge in [-0.15, -0.1) is 0 Å². The number of oxazole rings is 1. The van der Waals surface area contributed by atoms with Crippen LogP contribution in [-0.4, -0.2) is 50.9 Å². The summed E-state index contributed by atoms with van der Waals surface area (Å²) < 4.78 is 7.34. The average Bonchev–Trinajstić information content (AvgIpc) is 3.61. The normalized spacial score (nSPS) is 15.2. The molecule has 1 aliphatic heterocycles. The number of amides is 1. The summed E-state index contributed by atoms with van der Waals surface area (Å²) in [5.41, 5.74) is 4.96. The maximum Gasteiger partial charge on any atom is 0.263 e. The lowest BCUT2D eigenvalue weighted by atomic mass is 9.96. The molecule has 2 N–H and O–H groups in total. The molecule has 1 fully saturated rings. The van der Waals surface area contributed by atoms with Gasteiger partial charge in [-0.05, 0) is 60.4 Å². The second-order valence-corrected chi connectivity index (χ2v) is 11.7. The number of carbonyl (C=O) groups excluding carboxylic acids is 2. The third kappa shape index (κ3) is 5.67. The van der Waals surface area contributed by atoms with Crippen LogP contribution in [0.3, 0.4) is 0 Å². The number of aryl methyl sites for hydroxylation is 1. The number of aromatic nitrogens is 2. The van der Waals surface area contributed by atoms with Crippen molar-refractivity contribution in [2.45, 2.75) is 26.0 Å². The Morgan fingerprint density at radius 3 is 2.64 bits per heavy atom. The number of aldehydes is 1. The maximum atomic E-state index is 13.1. The number of anilines is 1. The molecule has 0 unspecified atom stereocenters. The van der Waals surface area contributed by atoms with Gasteiger partial charge in [0.05, 0.1) is 21.8 Å². The van der Waals surface area contributed by atoms with E-state index in [-0.39, 0.29) is 22.3 Å². The van der Waals surface area contributed by atoms with Crippen molar-refractivity contribution in [2.75, 3.05) is 18.4 Å². The highest BCUT2D eigenvalue weighted by Gasteiger charge is 2.22. The minimum Gasteiger partial charge on any atom is -0.434 e. The Morgan fingerprint density at radius 1 is 1.14 bits per heavy atom.